The third-order valence-corrected chi connectivity index (χ3v) is 2.07. The minimum absolute atomic E-state index is 0.0368. The predicted octanol–water partition coefficient (Wildman–Crippen LogP) is 1.67. The monoisotopic (exact) mass is 252 g/mol. The summed E-state index contributed by atoms with van der Waals surface area (Å²) in [6.45, 7) is 0. The molecule has 4 nitrogen and oxygen atoms in total. The van der Waals surface area contributed by atoms with Gasteiger partial charge < -0.3 is 9.29 Å². The van der Waals surface area contributed by atoms with Gasteiger partial charge in [0.1, 0.15) is 0 Å². The summed E-state index contributed by atoms with van der Waals surface area (Å²) >= 11 is 0.609. The van der Waals surface area contributed by atoms with Gasteiger partial charge >= 0.3 is 11.4 Å². The largest absolute Gasteiger partial charge is 0.503 e. The van der Waals surface area contributed by atoms with Crippen LogP contribution >= 0.6 is 15.9 Å². The molecule has 12 heavy (non-hydrogen) atoms. The van der Waals surface area contributed by atoms with Crippen molar-refractivity contribution >= 4 is 27.3 Å². The molecule has 0 heterocycles. The zero-order valence-corrected chi connectivity index (χ0v) is 8.13. The minimum Gasteiger partial charge on any atom is -0.503 e. The summed E-state index contributed by atoms with van der Waals surface area (Å²) in [5.74, 6) is -0.231. The van der Waals surface area contributed by atoms with Gasteiger partial charge in [-0.25, -0.2) is 0 Å². The Morgan fingerprint density at radius 1 is 1.50 bits per heavy atom. The molecule has 0 saturated heterocycles. The van der Waals surface area contributed by atoms with Crippen molar-refractivity contribution < 1.29 is 18.1 Å². The summed E-state index contributed by atoms with van der Waals surface area (Å²) in [5.41, 5.74) is 0. The lowest BCUT2D eigenvalue weighted by molar-refractivity contribution is 0.415. The Bertz CT molecular complexity index is 314. The summed E-state index contributed by atoms with van der Waals surface area (Å²) in [6.07, 6.45) is 0. The number of halogens is 1. The van der Waals surface area contributed by atoms with Crippen LogP contribution in [0.15, 0.2) is 22.7 Å². The van der Waals surface area contributed by atoms with Crippen LogP contribution in [0.4, 0.5) is 0 Å². The van der Waals surface area contributed by atoms with Gasteiger partial charge in [-0.15, -0.1) is 0 Å². The third kappa shape index (κ3) is 2.20. The molecular formula is C6H5BrO4S. The van der Waals surface area contributed by atoms with Gasteiger partial charge in [-0.05, 0) is 28.1 Å². The fraction of sp³-hybridized carbons (Fsp3) is 0. The van der Waals surface area contributed by atoms with E-state index in [1.165, 1.54) is 6.07 Å². The van der Waals surface area contributed by atoms with E-state index < -0.39 is 11.4 Å². The second kappa shape index (κ2) is 3.88. The number of phenols is 1. The second-order valence-electron chi connectivity index (χ2n) is 1.89. The molecule has 1 aromatic rings. The highest BCUT2D eigenvalue weighted by atomic mass is 79.9. The number of hydrogen-bond acceptors (Lipinski definition) is 3. The predicted molar refractivity (Wildman–Crippen MR) is 47.2 cm³/mol. The zero-order valence-electron chi connectivity index (χ0n) is 5.73. The van der Waals surface area contributed by atoms with Gasteiger partial charge in [-0.1, -0.05) is 6.07 Å². The van der Waals surface area contributed by atoms with Crippen LogP contribution in [0.1, 0.15) is 0 Å². The number of aromatic hydroxyl groups is 1. The van der Waals surface area contributed by atoms with Gasteiger partial charge in [0.05, 0.1) is 4.47 Å². The van der Waals surface area contributed by atoms with Crippen molar-refractivity contribution in [1.82, 2.24) is 0 Å². The highest BCUT2D eigenvalue weighted by Crippen LogP contribution is 2.33. The van der Waals surface area contributed by atoms with Crippen LogP contribution in [-0.2, 0) is 11.4 Å². The van der Waals surface area contributed by atoms with Crippen LogP contribution in [0.3, 0.4) is 0 Å². The molecule has 0 amide bonds. The first kappa shape index (κ1) is 9.50. The Labute approximate surface area is 79.8 Å². The van der Waals surface area contributed by atoms with Crippen LogP contribution < -0.4 is 4.18 Å². The Hall–Kier alpha value is -0.590. The highest BCUT2D eigenvalue weighted by Gasteiger charge is 2.07. The van der Waals surface area contributed by atoms with E-state index >= 15 is 0 Å². The number of para-hydroxylation sites is 1. The van der Waals surface area contributed by atoms with Crippen molar-refractivity contribution in [2.45, 2.75) is 0 Å². The van der Waals surface area contributed by atoms with Gasteiger partial charge in [-0.2, -0.15) is 4.21 Å². The van der Waals surface area contributed by atoms with Crippen molar-refractivity contribution in [1.29, 1.82) is 0 Å². The van der Waals surface area contributed by atoms with E-state index in [4.69, 9.17) is 4.55 Å². The molecule has 0 aliphatic carbocycles. The third-order valence-electron chi connectivity index (χ3n) is 1.11. The summed E-state index contributed by atoms with van der Waals surface area (Å²) in [5, 5.41) is 9.23. The standard InChI is InChI=1S/C6H5BrO4S/c7-4-2-1-3-5(6(4)8)11-12(9)10/h1-3,8H,(H,9,10). The van der Waals surface area contributed by atoms with Gasteiger partial charge in [0, 0.05) is 0 Å². The molecule has 0 bridgehead atoms. The Balaban J connectivity index is 3.00. The molecule has 1 rings (SSSR count). The maximum atomic E-state index is 10.2. The minimum atomic E-state index is -2.42. The van der Waals surface area contributed by atoms with Gasteiger partial charge in [-0.3, -0.25) is 4.55 Å². The Morgan fingerprint density at radius 2 is 2.17 bits per heavy atom. The molecule has 1 aromatic carbocycles. The summed E-state index contributed by atoms with van der Waals surface area (Å²) in [4.78, 5) is 0. The highest BCUT2D eigenvalue weighted by molar-refractivity contribution is 9.10. The van der Waals surface area contributed by atoms with Crippen molar-refractivity contribution in [3.05, 3.63) is 22.7 Å². The first-order chi connectivity index (χ1) is 5.61. The molecule has 0 fully saturated rings. The Morgan fingerprint density at radius 3 is 2.75 bits per heavy atom. The molecule has 66 valence electrons. The molecule has 0 aromatic heterocycles. The molecular weight excluding hydrogens is 248 g/mol. The molecule has 1 unspecified atom stereocenters. The fourth-order valence-corrected chi connectivity index (χ4v) is 1.28. The lowest BCUT2D eigenvalue weighted by atomic mass is 10.3. The van der Waals surface area contributed by atoms with E-state index in [1.54, 1.807) is 12.1 Å². The van der Waals surface area contributed by atoms with E-state index in [0.717, 1.165) is 0 Å². The van der Waals surface area contributed by atoms with Crippen molar-refractivity contribution in [2.24, 2.45) is 0 Å². The lowest BCUT2D eigenvalue weighted by Crippen LogP contribution is -1.97. The van der Waals surface area contributed by atoms with E-state index in [1.807, 2.05) is 0 Å². The smallest absolute Gasteiger partial charge is 0.357 e. The van der Waals surface area contributed by atoms with Crippen LogP contribution in [0.2, 0.25) is 0 Å². The molecule has 6 heteroatoms. The van der Waals surface area contributed by atoms with E-state index in [9.17, 15) is 9.32 Å². The average Bonchev–Trinajstić information content (AvgIpc) is 1.98. The van der Waals surface area contributed by atoms with E-state index in [-0.39, 0.29) is 11.5 Å². The van der Waals surface area contributed by atoms with Crippen molar-refractivity contribution in [3.63, 3.8) is 0 Å². The average molecular weight is 253 g/mol. The lowest BCUT2D eigenvalue weighted by Gasteiger charge is -2.03. The SMILES string of the molecule is O=S(O)Oc1cccc(Br)c1O. The fourth-order valence-electron chi connectivity index (χ4n) is 0.640. The molecule has 1 atom stereocenters. The van der Waals surface area contributed by atoms with E-state index in [2.05, 4.69) is 20.1 Å². The topological polar surface area (TPSA) is 66.8 Å². The number of hydrogen-bond donors (Lipinski definition) is 2. The molecule has 0 saturated carbocycles. The maximum absolute atomic E-state index is 10.2. The first-order valence-corrected chi connectivity index (χ1v) is 4.70. The van der Waals surface area contributed by atoms with Gasteiger partial charge in [0.25, 0.3) is 0 Å². The summed E-state index contributed by atoms with van der Waals surface area (Å²) < 4.78 is 23.3. The number of rotatable bonds is 2. The zero-order chi connectivity index (χ0) is 9.14. The van der Waals surface area contributed by atoms with Gasteiger partial charge in [0.2, 0.25) is 0 Å². The first-order valence-electron chi connectivity index (χ1n) is 2.88. The van der Waals surface area contributed by atoms with Crippen molar-refractivity contribution in [3.8, 4) is 11.5 Å². The molecule has 0 aliphatic rings. The molecule has 0 spiro atoms. The summed E-state index contributed by atoms with van der Waals surface area (Å²) in [7, 11) is 0. The molecule has 0 radical (unpaired) electrons. The summed E-state index contributed by atoms with van der Waals surface area (Å²) in [6, 6.07) is 4.54. The number of phenolic OH excluding ortho intramolecular Hbond substituents is 1. The van der Waals surface area contributed by atoms with Crippen LogP contribution in [-0.4, -0.2) is 13.9 Å². The van der Waals surface area contributed by atoms with Gasteiger partial charge in [0.15, 0.2) is 11.5 Å². The maximum Gasteiger partial charge on any atom is 0.357 e. The molecule has 0 aliphatic heterocycles. The number of benzene rings is 1. The normalized spacial score (nSPS) is 12.5. The van der Waals surface area contributed by atoms with Crippen LogP contribution in [0, 0.1) is 0 Å². The van der Waals surface area contributed by atoms with Crippen LogP contribution in [0.25, 0.3) is 0 Å². The second-order valence-corrected chi connectivity index (χ2v) is 3.34. The van der Waals surface area contributed by atoms with Crippen LogP contribution in [0.5, 0.6) is 11.5 Å². The van der Waals surface area contributed by atoms with Crippen molar-refractivity contribution in [2.75, 3.05) is 0 Å². The molecule has 2 N–H and O–H groups in total. The van der Waals surface area contributed by atoms with E-state index in [0.29, 0.717) is 4.47 Å². The Kier molecular flexibility index (Phi) is 3.07. The quantitative estimate of drug-likeness (QED) is 0.787.